The Kier molecular flexibility index (Phi) is 2.81. The minimum atomic E-state index is 0.293. The molecule has 0 aromatic heterocycles. The van der Waals surface area contributed by atoms with E-state index in [2.05, 4.69) is 27.4 Å². The maximum Gasteiger partial charge on any atom is -0.0178 e. The molecule has 0 rings (SSSR count). The van der Waals surface area contributed by atoms with Crippen LogP contribution in [0.15, 0.2) is 12.7 Å². The summed E-state index contributed by atoms with van der Waals surface area (Å²) >= 11 is 0. The van der Waals surface area contributed by atoms with Crippen molar-refractivity contribution < 1.29 is 0 Å². The number of hydrogen-bond donors (Lipinski definition) is 0. The zero-order valence-corrected chi connectivity index (χ0v) is 5.91. The molecule has 0 aliphatic heterocycles. The third kappa shape index (κ3) is 2.84. The molecule has 0 heterocycles. The Morgan fingerprint density at radius 3 is 2.12 bits per heavy atom. The van der Waals surface area contributed by atoms with Crippen molar-refractivity contribution in [2.24, 2.45) is 5.41 Å². The highest BCUT2D eigenvalue weighted by atomic mass is 14.1. The fourth-order valence-corrected chi connectivity index (χ4v) is 0.558. The van der Waals surface area contributed by atoms with Gasteiger partial charge in [-0.1, -0.05) is 33.3 Å². The van der Waals surface area contributed by atoms with E-state index < -0.39 is 0 Å². The molecule has 1 radical (unpaired) electrons. The Hall–Kier alpha value is -0.260. The van der Waals surface area contributed by atoms with E-state index in [1.807, 2.05) is 6.08 Å². The van der Waals surface area contributed by atoms with Crippen LogP contribution in [0.2, 0.25) is 0 Å². The maximum atomic E-state index is 3.77. The van der Waals surface area contributed by atoms with Gasteiger partial charge in [-0.2, -0.15) is 0 Å². The van der Waals surface area contributed by atoms with Crippen molar-refractivity contribution >= 4 is 0 Å². The Morgan fingerprint density at radius 2 is 2.00 bits per heavy atom. The molecule has 0 unspecified atom stereocenters. The second kappa shape index (κ2) is 2.91. The summed E-state index contributed by atoms with van der Waals surface area (Å²) in [7, 11) is 0. The molecule has 0 fully saturated rings. The molecule has 0 aromatic rings. The Morgan fingerprint density at radius 1 is 1.50 bits per heavy atom. The second-order valence-electron chi connectivity index (χ2n) is 2.80. The van der Waals surface area contributed by atoms with Gasteiger partial charge in [0.15, 0.2) is 0 Å². The molecule has 0 heteroatoms. The summed E-state index contributed by atoms with van der Waals surface area (Å²) in [5.41, 5.74) is 0.293. The van der Waals surface area contributed by atoms with Crippen LogP contribution in [0.3, 0.4) is 0 Å². The highest BCUT2D eigenvalue weighted by Gasteiger charge is 2.09. The largest absolute Gasteiger partial charge is 0.103 e. The quantitative estimate of drug-likeness (QED) is 0.491. The van der Waals surface area contributed by atoms with Gasteiger partial charge >= 0.3 is 0 Å². The average molecular weight is 111 g/mol. The van der Waals surface area contributed by atoms with Gasteiger partial charge in [0, 0.05) is 0 Å². The standard InChI is InChI=1S/C8H15/c1-5-7-8(3,4)6-2/h6H,1-2,5,7H2,3-4H3. The van der Waals surface area contributed by atoms with Gasteiger partial charge in [-0.25, -0.2) is 0 Å². The van der Waals surface area contributed by atoms with Crippen LogP contribution in [0.5, 0.6) is 0 Å². The van der Waals surface area contributed by atoms with Crippen molar-refractivity contribution in [1.29, 1.82) is 0 Å². The normalized spacial score (nSPS) is 11.4. The van der Waals surface area contributed by atoms with Gasteiger partial charge in [-0.3, -0.25) is 0 Å². The van der Waals surface area contributed by atoms with Crippen LogP contribution in [0.4, 0.5) is 0 Å². The first-order valence-corrected chi connectivity index (χ1v) is 3.05. The third-order valence-corrected chi connectivity index (χ3v) is 1.37. The maximum absolute atomic E-state index is 3.77. The first kappa shape index (κ1) is 7.74. The van der Waals surface area contributed by atoms with Gasteiger partial charge in [0.1, 0.15) is 0 Å². The zero-order valence-electron chi connectivity index (χ0n) is 5.91. The summed E-state index contributed by atoms with van der Waals surface area (Å²) in [5, 5.41) is 0. The summed E-state index contributed by atoms with van der Waals surface area (Å²) < 4.78 is 0. The monoisotopic (exact) mass is 111 g/mol. The predicted molar refractivity (Wildman–Crippen MR) is 38.6 cm³/mol. The lowest BCUT2D eigenvalue weighted by Gasteiger charge is -2.17. The number of hydrogen-bond acceptors (Lipinski definition) is 0. The molecule has 0 N–H and O–H groups in total. The minimum absolute atomic E-state index is 0.293. The molecule has 0 saturated carbocycles. The summed E-state index contributed by atoms with van der Waals surface area (Å²) in [6.45, 7) is 11.8. The van der Waals surface area contributed by atoms with Gasteiger partial charge in [0.2, 0.25) is 0 Å². The van der Waals surface area contributed by atoms with Gasteiger partial charge in [-0.15, -0.1) is 6.58 Å². The highest BCUT2D eigenvalue weighted by Crippen LogP contribution is 2.22. The van der Waals surface area contributed by atoms with E-state index in [1.165, 1.54) is 0 Å². The third-order valence-electron chi connectivity index (χ3n) is 1.37. The van der Waals surface area contributed by atoms with Crippen LogP contribution in [0.1, 0.15) is 26.7 Å². The molecule has 0 saturated heterocycles. The molecule has 0 aromatic carbocycles. The SMILES string of the molecule is [CH2]CCC(C)(C)C=C. The molecule has 0 spiro atoms. The van der Waals surface area contributed by atoms with E-state index in [0.717, 1.165) is 12.8 Å². The molecular formula is C8H15. The Balaban J connectivity index is 3.53. The molecule has 0 atom stereocenters. The van der Waals surface area contributed by atoms with Crippen molar-refractivity contribution in [1.82, 2.24) is 0 Å². The molecule has 47 valence electrons. The van der Waals surface area contributed by atoms with E-state index >= 15 is 0 Å². The van der Waals surface area contributed by atoms with E-state index in [0.29, 0.717) is 5.41 Å². The summed E-state index contributed by atoms with van der Waals surface area (Å²) in [5.74, 6) is 0. The van der Waals surface area contributed by atoms with Crippen LogP contribution >= 0.6 is 0 Å². The lowest BCUT2D eigenvalue weighted by molar-refractivity contribution is 0.443. The van der Waals surface area contributed by atoms with Crippen molar-refractivity contribution in [3.63, 3.8) is 0 Å². The van der Waals surface area contributed by atoms with Gasteiger partial charge in [0.05, 0.1) is 0 Å². The van der Waals surface area contributed by atoms with Crippen LogP contribution in [-0.2, 0) is 0 Å². The minimum Gasteiger partial charge on any atom is -0.103 e. The first-order chi connectivity index (χ1) is 3.62. The van der Waals surface area contributed by atoms with Crippen molar-refractivity contribution in [3.05, 3.63) is 19.6 Å². The van der Waals surface area contributed by atoms with Crippen molar-refractivity contribution in [2.75, 3.05) is 0 Å². The Labute approximate surface area is 52.6 Å². The van der Waals surface area contributed by atoms with Gasteiger partial charge < -0.3 is 0 Å². The first-order valence-electron chi connectivity index (χ1n) is 3.05. The lowest BCUT2D eigenvalue weighted by Crippen LogP contribution is -2.04. The number of rotatable bonds is 3. The van der Waals surface area contributed by atoms with Crippen LogP contribution in [0.25, 0.3) is 0 Å². The lowest BCUT2D eigenvalue weighted by atomic mass is 9.89. The summed E-state index contributed by atoms with van der Waals surface area (Å²) in [6, 6.07) is 0. The fourth-order valence-electron chi connectivity index (χ4n) is 0.558. The average Bonchev–Trinajstić information content (AvgIpc) is 1.67. The molecule has 0 amide bonds. The van der Waals surface area contributed by atoms with E-state index in [4.69, 9.17) is 0 Å². The molecule has 0 nitrogen and oxygen atoms in total. The number of allylic oxidation sites excluding steroid dienone is 1. The summed E-state index contributed by atoms with van der Waals surface area (Å²) in [4.78, 5) is 0. The molecular weight excluding hydrogens is 96.1 g/mol. The molecule has 0 bridgehead atoms. The van der Waals surface area contributed by atoms with Crippen LogP contribution < -0.4 is 0 Å². The highest BCUT2D eigenvalue weighted by molar-refractivity contribution is 4.87. The van der Waals surface area contributed by atoms with Gasteiger partial charge in [0.25, 0.3) is 0 Å². The van der Waals surface area contributed by atoms with E-state index in [-0.39, 0.29) is 0 Å². The predicted octanol–water partition coefficient (Wildman–Crippen LogP) is 2.81. The second-order valence-corrected chi connectivity index (χ2v) is 2.80. The summed E-state index contributed by atoms with van der Waals surface area (Å²) in [6.07, 6.45) is 4.12. The van der Waals surface area contributed by atoms with Gasteiger partial charge in [-0.05, 0) is 11.8 Å². The van der Waals surface area contributed by atoms with Crippen molar-refractivity contribution in [3.8, 4) is 0 Å². The molecule has 8 heavy (non-hydrogen) atoms. The van der Waals surface area contributed by atoms with E-state index in [9.17, 15) is 0 Å². The van der Waals surface area contributed by atoms with Crippen LogP contribution in [-0.4, -0.2) is 0 Å². The van der Waals surface area contributed by atoms with E-state index in [1.54, 1.807) is 0 Å². The topological polar surface area (TPSA) is 0 Å². The zero-order chi connectivity index (χ0) is 6.62. The van der Waals surface area contributed by atoms with Crippen molar-refractivity contribution in [2.45, 2.75) is 26.7 Å². The fraction of sp³-hybridized carbons (Fsp3) is 0.625. The molecule has 0 aliphatic rings. The smallest absolute Gasteiger partial charge is 0.0178 e. The molecule has 0 aliphatic carbocycles. The van der Waals surface area contributed by atoms with Crippen LogP contribution in [0, 0.1) is 12.3 Å². The Bertz CT molecular complexity index is 70.1.